The highest BCUT2D eigenvalue weighted by Gasteiger charge is 2.27. The molecule has 4 heteroatoms. The van der Waals surface area contributed by atoms with Gasteiger partial charge in [-0.15, -0.1) is 0 Å². The van der Waals surface area contributed by atoms with Gasteiger partial charge in [0.05, 0.1) is 0 Å². The minimum absolute atomic E-state index is 0.562. The third-order valence-corrected chi connectivity index (χ3v) is 7.70. The lowest BCUT2D eigenvalue weighted by atomic mass is 9.84. The number of benzene rings is 1. The topological polar surface area (TPSA) is 33.2 Å². The fourth-order valence-electron chi connectivity index (χ4n) is 4.67. The van der Waals surface area contributed by atoms with Crippen LogP contribution in [-0.4, -0.2) is 33.2 Å². The second-order valence-electron chi connectivity index (χ2n) is 8.09. The SMILES string of the molecule is C=C(c1ccc(S(=O)c2ccccn2)cc1)C1CCN(C2CCCCC2)CC1. The lowest BCUT2D eigenvalue weighted by molar-refractivity contribution is 0.119. The molecule has 0 N–H and O–H groups in total. The Hall–Kier alpha value is -1.78. The normalized spacial score (nSPS) is 20.7. The van der Waals surface area contributed by atoms with Crippen LogP contribution in [0.3, 0.4) is 0 Å². The summed E-state index contributed by atoms with van der Waals surface area (Å²) >= 11 is 0. The number of nitrogens with zero attached hydrogens (tertiary/aromatic N) is 2. The molecule has 4 rings (SSSR count). The molecule has 0 bridgehead atoms. The van der Waals surface area contributed by atoms with Gasteiger partial charge in [0.25, 0.3) is 0 Å². The van der Waals surface area contributed by atoms with Crippen LogP contribution >= 0.6 is 0 Å². The van der Waals surface area contributed by atoms with Gasteiger partial charge in [-0.25, -0.2) is 9.19 Å². The van der Waals surface area contributed by atoms with E-state index in [-0.39, 0.29) is 0 Å². The maximum atomic E-state index is 12.6. The van der Waals surface area contributed by atoms with Crippen LogP contribution in [0.1, 0.15) is 50.5 Å². The average Bonchev–Trinajstić information content (AvgIpc) is 2.79. The number of pyridine rings is 1. The molecular formula is C24H30N2OS. The Labute approximate surface area is 171 Å². The van der Waals surface area contributed by atoms with Crippen molar-refractivity contribution in [2.45, 2.75) is 60.9 Å². The highest BCUT2D eigenvalue weighted by atomic mass is 32.2. The minimum atomic E-state index is -1.23. The first kappa shape index (κ1) is 19.5. The Morgan fingerprint density at radius 2 is 1.68 bits per heavy atom. The van der Waals surface area contributed by atoms with Crippen LogP contribution in [0.15, 0.2) is 65.2 Å². The molecule has 1 saturated heterocycles. The predicted octanol–water partition coefficient (Wildman–Crippen LogP) is 5.31. The van der Waals surface area contributed by atoms with E-state index in [1.54, 1.807) is 6.20 Å². The molecule has 3 nitrogen and oxygen atoms in total. The molecule has 2 fully saturated rings. The molecular weight excluding hydrogens is 364 g/mol. The summed E-state index contributed by atoms with van der Waals surface area (Å²) in [5.41, 5.74) is 2.41. The van der Waals surface area contributed by atoms with E-state index < -0.39 is 10.8 Å². The predicted molar refractivity (Wildman–Crippen MR) is 116 cm³/mol. The van der Waals surface area contributed by atoms with E-state index in [0.717, 1.165) is 10.9 Å². The first-order valence-corrected chi connectivity index (χ1v) is 11.7. The molecule has 1 aliphatic heterocycles. The molecule has 0 radical (unpaired) electrons. The van der Waals surface area contributed by atoms with Gasteiger partial charge in [-0.3, -0.25) is 0 Å². The number of hydrogen-bond acceptors (Lipinski definition) is 3. The Kier molecular flexibility index (Phi) is 6.38. The van der Waals surface area contributed by atoms with Crippen molar-refractivity contribution in [3.63, 3.8) is 0 Å². The maximum Gasteiger partial charge on any atom is 0.132 e. The molecule has 1 atom stereocenters. The van der Waals surface area contributed by atoms with Gasteiger partial charge in [0.1, 0.15) is 15.8 Å². The largest absolute Gasteiger partial charge is 0.300 e. The Morgan fingerprint density at radius 3 is 2.32 bits per heavy atom. The highest BCUT2D eigenvalue weighted by Crippen LogP contribution is 2.33. The van der Waals surface area contributed by atoms with E-state index in [1.807, 2.05) is 30.3 Å². The number of aromatic nitrogens is 1. The molecule has 1 aromatic heterocycles. The number of piperidine rings is 1. The molecule has 1 aromatic carbocycles. The number of hydrogen-bond donors (Lipinski definition) is 0. The fourth-order valence-corrected chi connectivity index (χ4v) is 5.65. The number of rotatable bonds is 5. The van der Waals surface area contributed by atoms with E-state index in [9.17, 15) is 4.21 Å². The van der Waals surface area contributed by atoms with Crippen molar-refractivity contribution in [1.82, 2.24) is 9.88 Å². The van der Waals surface area contributed by atoms with Crippen LogP contribution < -0.4 is 0 Å². The second kappa shape index (κ2) is 9.15. The van der Waals surface area contributed by atoms with Gasteiger partial charge >= 0.3 is 0 Å². The maximum absolute atomic E-state index is 12.6. The van der Waals surface area contributed by atoms with Crippen molar-refractivity contribution in [2.24, 2.45) is 5.92 Å². The van der Waals surface area contributed by atoms with E-state index in [1.165, 1.54) is 69.2 Å². The molecule has 0 amide bonds. The van der Waals surface area contributed by atoms with Crippen LogP contribution in [0, 0.1) is 5.92 Å². The average molecular weight is 395 g/mol. The molecule has 1 unspecified atom stereocenters. The van der Waals surface area contributed by atoms with Gasteiger partial charge in [-0.1, -0.05) is 44.0 Å². The van der Waals surface area contributed by atoms with Crippen molar-refractivity contribution in [3.05, 3.63) is 60.8 Å². The standard InChI is InChI=1S/C24H30N2OS/c1-19(21-14-17-26(18-15-21)22-7-3-2-4-8-22)20-10-12-23(13-11-20)28(27)24-9-5-6-16-25-24/h5-6,9-13,16,21-22H,1-4,7-8,14-15,17-18H2. The van der Waals surface area contributed by atoms with E-state index in [0.29, 0.717) is 10.9 Å². The van der Waals surface area contributed by atoms with Crippen molar-refractivity contribution >= 4 is 16.4 Å². The Balaban J connectivity index is 1.36. The van der Waals surface area contributed by atoms with Crippen LogP contribution in [0.4, 0.5) is 0 Å². The summed E-state index contributed by atoms with van der Waals surface area (Å²) in [6, 6.07) is 14.4. The van der Waals surface area contributed by atoms with Crippen molar-refractivity contribution in [3.8, 4) is 0 Å². The van der Waals surface area contributed by atoms with Gasteiger partial charge in [0.2, 0.25) is 0 Å². The van der Waals surface area contributed by atoms with Crippen molar-refractivity contribution in [2.75, 3.05) is 13.1 Å². The molecule has 2 heterocycles. The monoisotopic (exact) mass is 394 g/mol. The Bertz CT molecular complexity index is 804. The minimum Gasteiger partial charge on any atom is -0.300 e. The number of allylic oxidation sites excluding steroid dienone is 1. The second-order valence-corrected chi connectivity index (χ2v) is 9.52. The summed E-state index contributed by atoms with van der Waals surface area (Å²) in [6.07, 6.45) is 11.1. The molecule has 28 heavy (non-hydrogen) atoms. The first-order chi connectivity index (χ1) is 13.7. The summed E-state index contributed by atoms with van der Waals surface area (Å²) in [7, 11) is -1.23. The van der Waals surface area contributed by atoms with Crippen LogP contribution in [0.25, 0.3) is 5.57 Å². The summed E-state index contributed by atoms with van der Waals surface area (Å²) in [5, 5.41) is 0.601. The van der Waals surface area contributed by atoms with Crippen LogP contribution in [0.5, 0.6) is 0 Å². The van der Waals surface area contributed by atoms with Crippen molar-refractivity contribution < 1.29 is 4.21 Å². The van der Waals surface area contributed by atoms with E-state index in [2.05, 4.69) is 28.6 Å². The van der Waals surface area contributed by atoms with Gasteiger partial charge in [0, 0.05) is 17.1 Å². The smallest absolute Gasteiger partial charge is 0.132 e. The van der Waals surface area contributed by atoms with Crippen LogP contribution in [-0.2, 0) is 10.8 Å². The van der Waals surface area contributed by atoms with E-state index in [4.69, 9.17) is 0 Å². The summed E-state index contributed by atoms with van der Waals surface area (Å²) in [5.74, 6) is 0.562. The van der Waals surface area contributed by atoms with Crippen LogP contribution in [0.2, 0.25) is 0 Å². The zero-order valence-corrected chi connectivity index (χ0v) is 17.4. The highest BCUT2D eigenvalue weighted by molar-refractivity contribution is 7.85. The summed E-state index contributed by atoms with van der Waals surface area (Å²) in [6.45, 7) is 6.82. The quantitative estimate of drug-likeness (QED) is 0.689. The lowest BCUT2D eigenvalue weighted by Crippen LogP contribution is -2.42. The fraction of sp³-hybridized carbons (Fsp3) is 0.458. The molecule has 0 spiro atoms. The zero-order chi connectivity index (χ0) is 19.3. The number of likely N-dealkylation sites (tertiary alicyclic amines) is 1. The van der Waals surface area contributed by atoms with Gasteiger partial charge in [0.15, 0.2) is 0 Å². The van der Waals surface area contributed by atoms with Gasteiger partial charge in [-0.2, -0.15) is 0 Å². The molecule has 1 saturated carbocycles. The van der Waals surface area contributed by atoms with Gasteiger partial charge in [-0.05, 0) is 80.1 Å². The molecule has 2 aliphatic rings. The molecule has 148 valence electrons. The third-order valence-electron chi connectivity index (χ3n) is 6.38. The Morgan fingerprint density at radius 1 is 0.964 bits per heavy atom. The molecule has 2 aromatic rings. The van der Waals surface area contributed by atoms with E-state index >= 15 is 0 Å². The summed E-state index contributed by atoms with van der Waals surface area (Å²) < 4.78 is 12.6. The lowest BCUT2D eigenvalue weighted by Gasteiger charge is -2.39. The third kappa shape index (κ3) is 4.44. The van der Waals surface area contributed by atoms with Gasteiger partial charge < -0.3 is 4.90 Å². The zero-order valence-electron chi connectivity index (χ0n) is 16.6. The van der Waals surface area contributed by atoms with Crippen molar-refractivity contribution in [1.29, 1.82) is 0 Å². The first-order valence-electron chi connectivity index (χ1n) is 10.6. The summed E-state index contributed by atoms with van der Waals surface area (Å²) in [4.78, 5) is 7.73. The molecule has 1 aliphatic carbocycles.